The van der Waals surface area contributed by atoms with Gasteiger partial charge in [0.25, 0.3) is 10.0 Å². The van der Waals surface area contributed by atoms with Gasteiger partial charge in [0.1, 0.15) is 4.90 Å². The van der Waals surface area contributed by atoms with E-state index in [1.54, 1.807) is 0 Å². The number of sulfonamides is 1. The number of nitrogens with zero attached hydrogens (tertiary/aromatic N) is 1. The van der Waals surface area contributed by atoms with E-state index in [9.17, 15) is 26.7 Å². The van der Waals surface area contributed by atoms with E-state index in [2.05, 4.69) is 4.40 Å². The van der Waals surface area contributed by atoms with E-state index in [0.29, 0.717) is 12.1 Å². The standard InChI is InChI=1S/C14H10F3NO3S/c1-8(19)9-4-2-3-5-11(9)18-22(20,21)12-7-6-10(15)13(16)14(12)17/h2-7,19H,1H3/p-1. The van der Waals surface area contributed by atoms with E-state index in [0.717, 1.165) is 0 Å². The van der Waals surface area contributed by atoms with Gasteiger partial charge in [0, 0.05) is 0 Å². The summed E-state index contributed by atoms with van der Waals surface area (Å²) in [5.74, 6) is -5.72. The fourth-order valence-electron chi connectivity index (χ4n) is 1.74. The number of hydrogen-bond donors (Lipinski definition) is 0. The van der Waals surface area contributed by atoms with Crippen LogP contribution in [0.1, 0.15) is 6.92 Å². The molecular weight excluding hydrogens is 319 g/mol. The lowest BCUT2D eigenvalue weighted by Crippen LogP contribution is -2.13. The summed E-state index contributed by atoms with van der Waals surface area (Å²) >= 11 is 0. The highest BCUT2D eigenvalue weighted by Gasteiger charge is 2.24. The molecular formula is C14H9F3NO3S-. The highest BCUT2D eigenvalue weighted by Crippen LogP contribution is 2.23. The largest absolute Gasteiger partial charge is 0.875 e. The van der Waals surface area contributed by atoms with Crippen molar-refractivity contribution in [1.29, 1.82) is 0 Å². The van der Waals surface area contributed by atoms with Gasteiger partial charge in [-0.15, -0.1) is 5.76 Å². The first-order chi connectivity index (χ1) is 10.2. The molecule has 1 aromatic carbocycles. The van der Waals surface area contributed by atoms with Gasteiger partial charge in [-0.3, -0.25) is 0 Å². The maximum Gasteiger partial charge on any atom is 0.285 e. The minimum absolute atomic E-state index is 0.00840. The predicted molar refractivity (Wildman–Crippen MR) is 71.9 cm³/mol. The van der Waals surface area contributed by atoms with Crippen LogP contribution in [-0.2, 0) is 10.0 Å². The first-order valence-electron chi connectivity index (χ1n) is 5.95. The van der Waals surface area contributed by atoms with Crippen molar-refractivity contribution >= 4 is 15.7 Å². The summed E-state index contributed by atoms with van der Waals surface area (Å²) < 4.78 is 67.1. The van der Waals surface area contributed by atoms with Gasteiger partial charge in [0.05, 0.1) is 5.71 Å². The third kappa shape index (κ3) is 2.96. The fraction of sp³-hybridized carbons (Fsp3) is 0.0714. The highest BCUT2D eigenvalue weighted by atomic mass is 32.2. The van der Waals surface area contributed by atoms with Crippen molar-refractivity contribution in [3.8, 4) is 0 Å². The number of benzene rings is 1. The minimum Gasteiger partial charge on any atom is -0.875 e. The first kappa shape index (κ1) is 16.0. The third-order valence-corrected chi connectivity index (χ3v) is 4.09. The van der Waals surface area contributed by atoms with Gasteiger partial charge < -0.3 is 5.11 Å². The summed E-state index contributed by atoms with van der Waals surface area (Å²) in [5, 5.41) is 11.4. The van der Waals surface area contributed by atoms with Crippen molar-refractivity contribution in [2.75, 3.05) is 0 Å². The van der Waals surface area contributed by atoms with Crippen LogP contribution in [0.4, 0.5) is 13.2 Å². The van der Waals surface area contributed by atoms with Gasteiger partial charge in [-0.05, 0) is 23.8 Å². The molecule has 0 radical (unpaired) electrons. The minimum atomic E-state index is -4.65. The molecule has 0 spiro atoms. The van der Waals surface area contributed by atoms with Crippen LogP contribution in [0.3, 0.4) is 0 Å². The number of allylic oxidation sites excluding steroid dienone is 6. The molecule has 0 aliphatic heterocycles. The van der Waals surface area contributed by atoms with Crippen LogP contribution in [-0.4, -0.2) is 14.1 Å². The average Bonchev–Trinajstić information content (AvgIpc) is 2.44. The van der Waals surface area contributed by atoms with Crippen molar-refractivity contribution in [1.82, 2.24) is 0 Å². The van der Waals surface area contributed by atoms with Crippen LogP contribution < -0.4 is 5.11 Å². The molecule has 0 saturated heterocycles. The molecule has 0 N–H and O–H groups in total. The van der Waals surface area contributed by atoms with Crippen LogP contribution in [0.25, 0.3) is 0 Å². The second-order valence-corrected chi connectivity index (χ2v) is 5.89. The van der Waals surface area contributed by atoms with E-state index in [4.69, 9.17) is 0 Å². The number of halogens is 3. The topological polar surface area (TPSA) is 69.6 Å². The molecule has 1 aliphatic rings. The van der Waals surface area contributed by atoms with E-state index in [1.165, 1.54) is 31.2 Å². The zero-order valence-electron chi connectivity index (χ0n) is 11.2. The number of hydrogen-bond acceptors (Lipinski definition) is 3. The second-order valence-electron chi connectivity index (χ2n) is 4.31. The van der Waals surface area contributed by atoms with Gasteiger partial charge in [-0.25, -0.2) is 13.2 Å². The van der Waals surface area contributed by atoms with E-state index in [1.807, 2.05) is 0 Å². The van der Waals surface area contributed by atoms with Gasteiger partial charge in [0.2, 0.25) is 0 Å². The molecule has 116 valence electrons. The Labute approximate surface area is 124 Å². The SMILES string of the molecule is CC([O-])=C1C=CC=CC1=NS(=O)(=O)c1ccc(F)c(F)c1F. The normalized spacial score (nSPS) is 18.8. The van der Waals surface area contributed by atoms with Gasteiger partial charge in [0.15, 0.2) is 17.5 Å². The van der Waals surface area contributed by atoms with Gasteiger partial charge in [-0.2, -0.15) is 12.8 Å². The maximum atomic E-state index is 13.6. The van der Waals surface area contributed by atoms with Crippen LogP contribution in [0, 0.1) is 17.5 Å². The Morgan fingerprint density at radius 3 is 2.36 bits per heavy atom. The molecule has 0 fully saturated rings. The van der Waals surface area contributed by atoms with Crippen LogP contribution in [0.15, 0.2) is 57.1 Å². The molecule has 1 aliphatic carbocycles. The number of rotatable bonds is 2. The van der Waals surface area contributed by atoms with Crippen molar-refractivity contribution < 1.29 is 26.7 Å². The molecule has 22 heavy (non-hydrogen) atoms. The lowest BCUT2D eigenvalue weighted by Gasteiger charge is -2.14. The third-order valence-electron chi connectivity index (χ3n) is 2.78. The lowest BCUT2D eigenvalue weighted by molar-refractivity contribution is -0.302. The van der Waals surface area contributed by atoms with Crippen molar-refractivity contribution in [2.24, 2.45) is 4.40 Å². The summed E-state index contributed by atoms with van der Waals surface area (Å²) in [6.45, 7) is 1.21. The van der Waals surface area contributed by atoms with Crippen LogP contribution in [0.2, 0.25) is 0 Å². The molecule has 0 atom stereocenters. The molecule has 0 aromatic heterocycles. The molecule has 0 heterocycles. The first-order valence-corrected chi connectivity index (χ1v) is 7.39. The molecule has 4 nitrogen and oxygen atoms in total. The second kappa shape index (κ2) is 5.80. The Morgan fingerprint density at radius 1 is 1.09 bits per heavy atom. The Morgan fingerprint density at radius 2 is 1.73 bits per heavy atom. The monoisotopic (exact) mass is 328 g/mol. The van der Waals surface area contributed by atoms with Crippen molar-refractivity contribution in [3.05, 3.63) is 65.2 Å². The molecule has 2 rings (SSSR count). The van der Waals surface area contributed by atoms with Gasteiger partial charge in [-0.1, -0.05) is 25.2 Å². The fourth-order valence-corrected chi connectivity index (χ4v) is 2.81. The molecule has 0 saturated carbocycles. The zero-order chi connectivity index (χ0) is 16.5. The van der Waals surface area contributed by atoms with Crippen molar-refractivity contribution in [3.63, 3.8) is 0 Å². The lowest BCUT2D eigenvalue weighted by atomic mass is 10.1. The van der Waals surface area contributed by atoms with E-state index < -0.39 is 38.1 Å². The van der Waals surface area contributed by atoms with Gasteiger partial charge >= 0.3 is 0 Å². The molecule has 1 aromatic rings. The summed E-state index contributed by atoms with van der Waals surface area (Å²) in [6.07, 6.45) is 5.52. The highest BCUT2D eigenvalue weighted by molar-refractivity contribution is 7.90. The molecule has 0 bridgehead atoms. The summed E-state index contributed by atoms with van der Waals surface area (Å²) in [6, 6.07) is 1.06. The summed E-state index contributed by atoms with van der Waals surface area (Å²) in [4.78, 5) is -1.11. The zero-order valence-corrected chi connectivity index (χ0v) is 12.0. The predicted octanol–water partition coefficient (Wildman–Crippen LogP) is 1.99. The molecule has 0 amide bonds. The Kier molecular flexibility index (Phi) is 4.23. The smallest absolute Gasteiger partial charge is 0.285 e. The quantitative estimate of drug-likeness (QED) is 0.616. The van der Waals surface area contributed by atoms with Crippen LogP contribution in [0.5, 0.6) is 0 Å². The summed E-state index contributed by atoms with van der Waals surface area (Å²) in [7, 11) is -4.65. The molecule has 0 unspecified atom stereocenters. The van der Waals surface area contributed by atoms with E-state index in [-0.39, 0.29) is 11.3 Å². The summed E-state index contributed by atoms with van der Waals surface area (Å²) in [5.41, 5.74) is -0.201. The Balaban J connectivity index is 2.60. The van der Waals surface area contributed by atoms with Crippen LogP contribution >= 0.6 is 0 Å². The average molecular weight is 328 g/mol. The Hall–Kier alpha value is -2.35. The maximum absolute atomic E-state index is 13.6. The van der Waals surface area contributed by atoms with E-state index >= 15 is 0 Å². The van der Waals surface area contributed by atoms with Crippen molar-refractivity contribution in [2.45, 2.75) is 11.8 Å². The molecule has 8 heteroatoms. The Bertz CT molecular complexity index is 848.